The zero-order valence-electron chi connectivity index (χ0n) is 12.2. The molecule has 0 unspecified atom stereocenters. The summed E-state index contributed by atoms with van der Waals surface area (Å²) in [4.78, 5) is 0. The summed E-state index contributed by atoms with van der Waals surface area (Å²) in [5, 5.41) is 30.3. The summed E-state index contributed by atoms with van der Waals surface area (Å²) in [5.41, 5.74) is -2.25. The van der Waals surface area contributed by atoms with Crippen LogP contribution in [0.4, 0.5) is 0 Å². The molecule has 0 aromatic carbocycles. The van der Waals surface area contributed by atoms with Crippen LogP contribution in [-0.4, -0.2) is 16.8 Å². The fraction of sp³-hybridized carbons (Fsp3) is 1.00. The summed E-state index contributed by atoms with van der Waals surface area (Å²) in [6, 6.07) is 0. The molecule has 0 aromatic rings. The Morgan fingerprint density at radius 1 is 0.438 bits per heavy atom. The quantitative estimate of drug-likeness (QED) is 0.641. The minimum absolute atomic E-state index is 0. The van der Waals surface area contributed by atoms with Crippen LogP contribution in [0.25, 0.3) is 0 Å². The molecule has 0 bridgehead atoms. The zero-order valence-corrected chi connectivity index (χ0v) is 13.6. The summed E-state index contributed by atoms with van der Waals surface area (Å²) in [7, 11) is 0. The fourth-order valence-corrected chi connectivity index (χ4v) is 0. The molecule has 0 N–H and O–H groups in total. The number of hydrogen-bond donors (Lipinski definition) is 0. The molecule has 0 atom stereocenters. The van der Waals surface area contributed by atoms with Crippen molar-refractivity contribution in [3.8, 4) is 0 Å². The molecule has 101 valence electrons. The van der Waals surface area contributed by atoms with Crippen LogP contribution in [0, 0.1) is 0 Å². The van der Waals surface area contributed by atoms with E-state index < -0.39 is 16.8 Å². The average molecular weight is 270 g/mol. The molecule has 0 aliphatic heterocycles. The van der Waals surface area contributed by atoms with E-state index in [-0.39, 0.29) is 18.6 Å². The molecule has 0 amide bonds. The van der Waals surface area contributed by atoms with Crippen molar-refractivity contribution in [2.75, 3.05) is 0 Å². The van der Waals surface area contributed by atoms with Crippen molar-refractivity contribution in [2.45, 2.75) is 79.1 Å². The van der Waals surface area contributed by atoms with Crippen molar-refractivity contribution >= 4 is 0 Å². The topological polar surface area (TPSA) is 69.2 Å². The van der Waals surface area contributed by atoms with Gasteiger partial charge < -0.3 is 15.3 Å². The maximum Gasteiger partial charge on any atom is 0 e. The smallest absolute Gasteiger partial charge is 0 e. The molecule has 0 rings (SSSR count). The third kappa shape index (κ3) is 12200. The van der Waals surface area contributed by atoms with Gasteiger partial charge in [0.05, 0.1) is 0 Å². The first-order valence-corrected chi connectivity index (χ1v) is 5.11. The van der Waals surface area contributed by atoms with Gasteiger partial charge in [-0.25, -0.2) is 0 Å². The summed E-state index contributed by atoms with van der Waals surface area (Å²) < 4.78 is 0. The van der Waals surface area contributed by atoms with Gasteiger partial charge in [0.2, 0.25) is 0 Å². The Labute approximate surface area is 113 Å². The Morgan fingerprint density at radius 3 is 0.438 bits per heavy atom. The predicted octanol–water partition coefficient (Wildman–Crippen LogP) is 0.433. The molecule has 0 saturated heterocycles. The Bertz CT molecular complexity index is 91.3. The van der Waals surface area contributed by atoms with Crippen molar-refractivity contribution in [3.63, 3.8) is 0 Å². The molecular formula is C12H27O3V-3. The largest absolute Gasteiger partial charge is 0.850 e. The van der Waals surface area contributed by atoms with Crippen molar-refractivity contribution in [1.29, 1.82) is 0 Å². The van der Waals surface area contributed by atoms with Crippen LogP contribution in [-0.2, 0) is 18.6 Å². The van der Waals surface area contributed by atoms with E-state index in [0.29, 0.717) is 0 Å². The van der Waals surface area contributed by atoms with Gasteiger partial charge in [0.15, 0.2) is 0 Å². The SMILES string of the molecule is CC(C)(C)[O-].CC(C)(C)[O-].CC(C)(C)[O-].[V]. The van der Waals surface area contributed by atoms with Crippen LogP contribution in [0.1, 0.15) is 62.3 Å². The molecule has 0 aliphatic rings. The third-order valence-electron chi connectivity index (χ3n) is 0. The van der Waals surface area contributed by atoms with Gasteiger partial charge in [-0.3, -0.25) is 0 Å². The van der Waals surface area contributed by atoms with E-state index in [4.69, 9.17) is 0 Å². The van der Waals surface area contributed by atoms with Gasteiger partial charge in [0, 0.05) is 18.6 Å². The van der Waals surface area contributed by atoms with Crippen molar-refractivity contribution in [1.82, 2.24) is 0 Å². The monoisotopic (exact) mass is 270 g/mol. The van der Waals surface area contributed by atoms with Gasteiger partial charge in [0.25, 0.3) is 0 Å². The van der Waals surface area contributed by atoms with Crippen LogP contribution in [0.2, 0.25) is 0 Å². The van der Waals surface area contributed by atoms with Crippen molar-refractivity contribution in [2.24, 2.45) is 0 Å². The van der Waals surface area contributed by atoms with Crippen LogP contribution in [0.5, 0.6) is 0 Å². The zero-order chi connectivity index (χ0) is 13.5. The second-order valence-electron chi connectivity index (χ2n) is 6.34. The molecule has 0 aromatic heterocycles. The maximum atomic E-state index is 10.1. The number of hydrogen-bond acceptors (Lipinski definition) is 3. The fourth-order valence-electron chi connectivity index (χ4n) is 0. The standard InChI is InChI=1S/3C4H9O.V/c3*1-4(2,3)5;/h3*1-3H3;/q3*-1;. The molecule has 0 spiro atoms. The van der Waals surface area contributed by atoms with Crippen LogP contribution in [0.15, 0.2) is 0 Å². The van der Waals surface area contributed by atoms with Crippen LogP contribution in [0.3, 0.4) is 0 Å². The first-order valence-electron chi connectivity index (χ1n) is 5.11. The second kappa shape index (κ2) is 9.49. The van der Waals surface area contributed by atoms with Crippen LogP contribution >= 0.6 is 0 Å². The number of rotatable bonds is 0. The first kappa shape index (κ1) is 25.3. The maximum absolute atomic E-state index is 10.1. The van der Waals surface area contributed by atoms with Crippen molar-refractivity contribution in [3.05, 3.63) is 0 Å². The van der Waals surface area contributed by atoms with E-state index in [9.17, 15) is 15.3 Å². The summed E-state index contributed by atoms with van der Waals surface area (Å²) >= 11 is 0. The minimum Gasteiger partial charge on any atom is -0.850 e. The molecular weight excluding hydrogens is 243 g/mol. The molecule has 0 heterocycles. The minimum atomic E-state index is -0.750. The first-order chi connectivity index (χ1) is 6.00. The van der Waals surface area contributed by atoms with Gasteiger partial charge in [-0.05, 0) is 0 Å². The normalized spacial score (nSPS) is 11.2. The van der Waals surface area contributed by atoms with E-state index in [0.717, 1.165) is 0 Å². The van der Waals surface area contributed by atoms with Gasteiger partial charge >= 0.3 is 0 Å². The van der Waals surface area contributed by atoms with E-state index in [1.807, 2.05) is 0 Å². The Kier molecular flexibility index (Phi) is 15.0. The Morgan fingerprint density at radius 2 is 0.438 bits per heavy atom. The molecule has 3 nitrogen and oxygen atoms in total. The third-order valence-corrected chi connectivity index (χ3v) is 0. The second-order valence-corrected chi connectivity index (χ2v) is 6.34. The van der Waals surface area contributed by atoms with Gasteiger partial charge in [0.1, 0.15) is 0 Å². The molecule has 0 aliphatic carbocycles. The summed E-state index contributed by atoms with van der Waals surface area (Å²) in [6.45, 7) is 14.7. The molecule has 16 heavy (non-hydrogen) atoms. The molecule has 0 fully saturated rings. The van der Waals surface area contributed by atoms with E-state index >= 15 is 0 Å². The van der Waals surface area contributed by atoms with E-state index in [1.165, 1.54) is 0 Å². The van der Waals surface area contributed by atoms with Crippen molar-refractivity contribution < 1.29 is 33.9 Å². The molecule has 1 radical (unpaired) electrons. The van der Waals surface area contributed by atoms with Gasteiger partial charge in [-0.15, -0.1) is 16.8 Å². The molecule has 0 saturated carbocycles. The molecule has 4 heteroatoms. The Balaban J connectivity index is -0.0000000655. The average Bonchev–Trinajstić information content (AvgIpc) is 1.41. The van der Waals surface area contributed by atoms with E-state index in [1.54, 1.807) is 62.3 Å². The van der Waals surface area contributed by atoms with E-state index in [2.05, 4.69) is 0 Å². The predicted molar refractivity (Wildman–Crippen MR) is 59.3 cm³/mol. The van der Waals surface area contributed by atoms with Gasteiger partial charge in [-0.1, -0.05) is 62.3 Å². The summed E-state index contributed by atoms with van der Waals surface area (Å²) in [5.74, 6) is 0. The van der Waals surface area contributed by atoms with Gasteiger partial charge in [-0.2, -0.15) is 0 Å². The Hall–Kier alpha value is 0.464. The summed E-state index contributed by atoms with van der Waals surface area (Å²) in [6.07, 6.45) is 0. The van der Waals surface area contributed by atoms with Crippen LogP contribution < -0.4 is 15.3 Å².